The van der Waals surface area contributed by atoms with Crippen LogP contribution in [0.15, 0.2) is 36.7 Å². The van der Waals surface area contributed by atoms with Crippen LogP contribution in [0, 0.1) is 0 Å². The van der Waals surface area contributed by atoms with Crippen LogP contribution in [0.25, 0.3) is 0 Å². The highest BCUT2D eigenvalue weighted by atomic mass is 35.5. The van der Waals surface area contributed by atoms with Gasteiger partial charge in [0.2, 0.25) is 0 Å². The van der Waals surface area contributed by atoms with Crippen molar-refractivity contribution >= 4 is 46.3 Å². The van der Waals surface area contributed by atoms with Gasteiger partial charge in [-0.15, -0.1) is 0 Å². The van der Waals surface area contributed by atoms with Crippen LogP contribution in [-0.4, -0.2) is 18.1 Å². The van der Waals surface area contributed by atoms with Crippen LogP contribution in [0.3, 0.4) is 0 Å². The first-order valence-corrected chi connectivity index (χ1v) is 6.43. The van der Waals surface area contributed by atoms with Gasteiger partial charge in [0.15, 0.2) is 0 Å². The number of rotatable bonds is 2. The molecular formula is C13H12Cl2N4O. The molecule has 2 rings (SSSR count). The quantitative estimate of drug-likeness (QED) is 0.889. The third-order valence-corrected chi connectivity index (χ3v) is 3.04. The Morgan fingerprint density at radius 3 is 2.55 bits per heavy atom. The lowest BCUT2D eigenvalue weighted by Gasteiger charge is -2.19. The second-order valence-corrected chi connectivity index (χ2v) is 4.95. The van der Waals surface area contributed by atoms with Crippen molar-refractivity contribution in [2.45, 2.75) is 0 Å². The monoisotopic (exact) mass is 310 g/mol. The summed E-state index contributed by atoms with van der Waals surface area (Å²) in [6, 6.07) is 6.09. The van der Waals surface area contributed by atoms with Gasteiger partial charge in [-0.05, 0) is 24.3 Å². The number of nitrogens with two attached hydrogens (primary N) is 1. The fraction of sp³-hybridized carbons (Fsp3) is 0.0769. The number of halogens is 2. The summed E-state index contributed by atoms with van der Waals surface area (Å²) in [5, 5.41) is 3.58. The number of anilines is 3. The Balaban J connectivity index is 2.18. The van der Waals surface area contributed by atoms with Crippen molar-refractivity contribution in [3.8, 4) is 0 Å². The highest BCUT2D eigenvalue weighted by Crippen LogP contribution is 2.24. The maximum absolute atomic E-state index is 12.1. The van der Waals surface area contributed by atoms with E-state index in [1.54, 1.807) is 37.5 Å². The van der Waals surface area contributed by atoms with E-state index in [2.05, 4.69) is 10.3 Å². The maximum Gasteiger partial charge on any atom is 0.326 e. The summed E-state index contributed by atoms with van der Waals surface area (Å²) >= 11 is 11.8. The predicted octanol–water partition coefficient (Wildman–Crippen LogP) is 3.64. The van der Waals surface area contributed by atoms with Gasteiger partial charge in [-0.25, -0.2) is 4.79 Å². The number of aromatic nitrogens is 1. The minimum absolute atomic E-state index is 0.360. The number of benzene rings is 1. The van der Waals surface area contributed by atoms with Gasteiger partial charge in [0, 0.05) is 29.0 Å². The third-order valence-electron chi connectivity index (χ3n) is 2.61. The molecule has 0 fully saturated rings. The molecule has 0 spiro atoms. The molecule has 7 heteroatoms. The van der Waals surface area contributed by atoms with Crippen LogP contribution >= 0.6 is 23.2 Å². The van der Waals surface area contributed by atoms with Gasteiger partial charge in [0.1, 0.15) is 0 Å². The molecule has 2 amide bonds. The molecule has 0 saturated carbocycles. The van der Waals surface area contributed by atoms with Gasteiger partial charge >= 0.3 is 6.03 Å². The van der Waals surface area contributed by atoms with E-state index in [0.717, 1.165) is 0 Å². The highest BCUT2D eigenvalue weighted by molar-refractivity contribution is 6.35. The van der Waals surface area contributed by atoms with E-state index in [0.29, 0.717) is 27.1 Å². The lowest BCUT2D eigenvalue weighted by atomic mass is 10.3. The molecule has 1 aromatic carbocycles. The van der Waals surface area contributed by atoms with Gasteiger partial charge < -0.3 is 11.1 Å². The zero-order valence-corrected chi connectivity index (χ0v) is 12.1. The minimum atomic E-state index is -0.360. The average molecular weight is 311 g/mol. The SMILES string of the molecule is CN(C(=O)Nc1cc(Cl)cc(Cl)c1)c1ccncc1N. The smallest absolute Gasteiger partial charge is 0.326 e. The van der Waals surface area contributed by atoms with E-state index in [9.17, 15) is 4.79 Å². The van der Waals surface area contributed by atoms with E-state index >= 15 is 0 Å². The zero-order chi connectivity index (χ0) is 14.7. The molecule has 20 heavy (non-hydrogen) atoms. The zero-order valence-electron chi connectivity index (χ0n) is 10.6. The summed E-state index contributed by atoms with van der Waals surface area (Å²) in [7, 11) is 1.60. The van der Waals surface area contributed by atoms with Crippen LogP contribution in [0.5, 0.6) is 0 Å². The van der Waals surface area contributed by atoms with Crippen molar-refractivity contribution in [1.82, 2.24) is 4.98 Å². The van der Waals surface area contributed by atoms with Crippen molar-refractivity contribution in [2.24, 2.45) is 0 Å². The lowest BCUT2D eigenvalue weighted by molar-refractivity contribution is 0.258. The Kier molecular flexibility index (Phi) is 4.32. The molecule has 104 valence electrons. The Morgan fingerprint density at radius 2 is 1.95 bits per heavy atom. The van der Waals surface area contributed by atoms with Crippen LogP contribution in [0.1, 0.15) is 0 Å². The van der Waals surface area contributed by atoms with Crippen molar-refractivity contribution in [3.05, 3.63) is 46.7 Å². The molecule has 0 radical (unpaired) electrons. The van der Waals surface area contributed by atoms with E-state index in [1.165, 1.54) is 11.1 Å². The van der Waals surface area contributed by atoms with Crippen LogP contribution < -0.4 is 16.0 Å². The van der Waals surface area contributed by atoms with Crippen LogP contribution in [-0.2, 0) is 0 Å². The van der Waals surface area contributed by atoms with Gasteiger partial charge in [-0.2, -0.15) is 0 Å². The van der Waals surface area contributed by atoms with Gasteiger partial charge in [0.25, 0.3) is 0 Å². The fourth-order valence-electron chi connectivity index (χ4n) is 1.65. The molecule has 3 N–H and O–H groups in total. The number of amides is 2. The van der Waals surface area contributed by atoms with E-state index < -0.39 is 0 Å². The number of nitrogens with one attached hydrogen (secondary N) is 1. The molecule has 2 aromatic rings. The maximum atomic E-state index is 12.1. The first-order valence-electron chi connectivity index (χ1n) is 5.67. The second-order valence-electron chi connectivity index (χ2n) is 4.08. The Labute approximate surface area is 126 Å². The topological polar surface area (TPSA) is 71.2 Å². The molecule has 0 atom stereocenters. The number of urea groups is 1. The van der Waals surface area contributed by atoms with Crippen LogP contribution in [0.4, 0.5) is 21.9 Å². The average Bonchev–Trinajstić information content (AvgIpc) is 2.37. The molecule has 5 nitrogen and oxygen atoms in total. The number of hydrogen-bond acceptors (Lipinski definition) is 3. The second kappa shape index (κ2) is 5.98. The van der Waals surface area contributed by atoms with Gasteiger partial charge in [-0.3, -0.25) is 9.88 Å². The first-order chi connectivity index (χ1) is 9.47. The Bertz CT molecular complexity index is 628. The predicted molar refractivity (Wildman–Crippen MR) is 82.5 cm³/mol. The Morgan fingerprint density at radius 1 is 1.30 bits per heavy atom. The molecule has 0 aliphatic carbocycles. The normalized spacial score (nSPS) is 10.2. The number of hydrogen-bond donors (Lipinski definition) is 2. The summed E-state index contributed by atoms with van der Waals surface area (Å²) < 4.78 is 0. The van der Waals surface area contributed by atoms with Crippen molar-refractivity contribution in [1.29, 1.82) is 0 Å². The van der Waals surface area contributed by atoms with Crippen LogP contribution in [0.2, 0.25) is 10.0 Å². The van der Waals surface area contributed by atoms with Crippen molar-refractivity contribution in [3.63, 3.8) is 0 Å². The molecule has 0 unspecified atom stereocenters. The largest absolute Gasteiger partial charge is 0.396 e. The van der Waals surface area contributed by atoms with E-state index in [1.807, 2.05) is 0 Å². The number of nitrogen functional groups attached to an aromatic ring is 1. The third kappa shape index (κ3) is 3.31. The first kappa shape index (κ1) is 14.4. The summed E-state index contributed by atoms with van der Waals surface area (Å²) in [5.74, 6) is 0. The van der Waals surface area contributed by atoms with Crippen molar-refractivity contribution in [2.75, 3.05) is 23.0 Å². The molecule has 0 aliphatic rings. The summed E-state index contributed by atoms with van der Waals surface area (Å²) in [5.41, 5.74) is 7.25. The van der Waals surface area contributed by atoms with E-state index in [4.69, 9.17) is 28.9 Å². The minimum Gasteiger partial charge on any atom is -0.396 e. The number of carbonyl (C=O) groups is 1. The van der Waals surface area contributed by atoms with Crippen molar-refractivity contribution < 1.29 is 4.79 Å². The molecule has 1 aromatic heterocycles. The number of pyridine rings is 1. The summed E-state index contributed by atoms with van der Waals surface area (Å²) in [4.78, 5) is 17.4. The fourth-order valence-corrected chi connectivity index (χ4v) is 2.17. The Hall–Kier alpha value is -1.98. The molecule has 0 saturated heterocycles. The molecule has 1 heterocycles. The standard InChI is InChI=1S/C13H12Cl2N4O/c1-19(12-2-3-17-7-11(12)16)13(20)18-10-5-8(14)4-9(15)6-10/h2-7H,16H2,1H3,(H,18,20). The number of carbonyl (C=O) groups excluding carboxylic acids is 1. The molecule has 0 bridgehead atoms. The number of nitrogens with zero attached hydrogens (tertiary/aromatic N) is 2. The molecular weight excluding hydrogens is 299 g/mol. The van der Waals surface area contributed by atoms with Gasteiger partial charge in [-0.1, -0.05) is 23.2 Å². The molecule has 0 aliphatic heterocycles. The van der Waals surface area contributed by atoms with Gasteiger partial charge in [0.05, 0.1) is 17.6 Å². The highest BCUT2D eigenvalue weighted by Gasteiger charge is 2.13. The van der Waals surface area contributed by atoms with E-state index in [-0.39, 0.29) is 6.03 Å². The lowest BCUT2D eigenvalue weighted by Crippen LogP contribution is -2.31. The summed E-state index contributed by atoms with van der Waals surface area (Å²) in [6.07, 6.45) is 3.04. The summed E-state index contributed by atoms with van der Waals surface area (Å²) in [6.45, 7) is 0.